The Bertz CT molecular complexity index is 940. The van der Waals surface area contributed by atoms with Gasteiger partial charge in [0.2, 0.25) is 5.75 Å². The van der Waals surface area contributed by atoms with Crippen molar-refractivity contribution >= 4 is 11.0 Å². The highest BCUT2D eigenvalue weighted by molar-refractivity contribution is 6.01. The molecule has 0 atom stereocenters. The predicted molar refractivity (Wildman–Crippen MR) is 89.2 cm³/mol. The molecule has 0 spiro atoms. The first-order valence-electron chi connectivity index (χ1n) is 7.15. The van der Waals surface area contributed by atoms with E-state index < -0.39 is 5.63 Å². The molecule has 6 heteroatoms. The summed E-state index contributed by atoms with van der Waals surface area (Å²) in [6.07, 6.45) is 0. The van der Waals surface area contributed by atoms with Crippen LogP contribution in [0.3, 0.4) is 0 Å². The lowest BCUT2D eigenvalue weighted by molar-refractivity contribution is 0.362. The summed E-state index contributed by atoms with van der Waals surface area (Å²) >= 11 is 0. The average molecular weight is 328 g/mol. The smallest absolute Gasteiger partial charge is 0.336 e. The van der Waals surface area contributed by atoms with Crippen LogP contribution in [0, 0.1) is 0 Å². The largest absolute Gasteiger partial charge is 0.502 e. The quantitative estimate of drug-likeness (QED) is 0.741. The zero-order valence-electron chi connectivity index (χ0n) is 13.5. The molecule has 1 heterocycles. The van der Waals surface area contributed by atoms with Gasteiger partial charge in [0.1, 0.15) is 11.5 Å². The Morgan fingerprint density at radius 1 is 0.917 bits per heavy atom. The number of methoxy groups -OCH3 is 3. The van der Waals surface area contributed by atoms with Gasteiger partial charge in [0.15, 0.2) is 11.3 Å². The van der Waals surface area contributed by atoms with Gasteiger partial charge in [-0.1, -0.05) is 12.1 Å². The van der Waals surface area contributed by atoms with Crippen molar-refractivity contribution in [1.82, 2.24) is 0 Å². The number of phenols is 1. The van der Waals surface area contributed by atoms with Crippen LogP contribution < -0.4 is 19.8 Å². The summed E-state index contributed by atoms with van der Waals surface area (Å²) in [4.78, 5) is 12.0. The highest BCUT2D eigenvalue weighted by Gasteiger charge is 2.20. The molecule has 0 amide bonds. The van der Waals surface area contributed by atoms with Crippen LogP contribution in [-0.4, -0.2) is 26.4 Å². The Labute approximate surface area is 137 Å². The summed E-state index contributed by atoms with van der Waals surface area (Å²) in [5, 5.41) is 10.8. The van der Waals surface area contributed by atoms with Gasteiger partial charge in [0.05, 0.1) is 26.7 Å². The number of benzene rings is 2. The first kappa shape index (κ1) is 15.7. The second kappa shape index (κ2) is 6.16. The molecule has 6 nitrogen and oxygen atoms in total. The topological polar surface area (TPSA) is 78.1 Å². The molecule has 0 aliphatic rings. The summed E-state index contributed by atoms with van der Waals surface area (Å²) in [5.41, 5.74) is 0.777. The van der Waals surface area contributed by atoms with E-state index in [4.69, 9.17) is 18.6 Å². The van der Waals surface area contributed by atoms with Crippen molar-refractivity contribution in [2.75, 3.05) is 21.3 Å². The minimum Gasteiger partial charge on any atom is -0.502 e. The Hall–Kier alpha value is -3.15. The Morgan fingerprint density at radius 3 is 2.17 bits per heavy atom. The Morgan fingerprint density at radius 2 is 1.58 bits per heavy atom. The van der Waals surface area contributed by atoms with Crippen molar-refractivity contribution in [2.45, 2.75) is 0 Å². The van der Waals surface area contributed by atoms with Crippen LogP contribution in [0.1, 0.15) is 0 Å². The summed E-state index contributed by atoms with van der Waals surface area (Å²) in [6, 6.07) is 10.1. The SMILES string of the molecule is COc1ccc(-c2cc(=O)oc3c(O)c(OC)cc(OC)c23)cc1. The minimum atomic E-state index is -0.584. The van der Waals surface area contributed by atoms with E-state index in [1.807, 2.05) is 12.1 Å². The van der Waals surface area contributed by atoms with Gasteiger partial charge >= 0.3 is 5.63 Å². The molecule has 0 bridgehead atoms. The van der Waals surface area contributed by atoms with Gasteiger partial charge in [-0.25, -0.2) is 4.79 Å². The normalized spacial score (nSPS) is 10.6. The highest BCUT2D eigenvalue weighted by atomic mass is 16.5. The Kier molecular flexibility index (Phi) is 4.04. The van der Waals surface area contributed by atoms with E-state index in [1.165, 1.54) is 20.3 Å². The molecule has 0 aliphatic carbocycles. The monoisotopic (exact) mass is 328 g/mol. The van der Waals surface area contributed by atoms with E-state index in [0.29, 0.717) is 22.4 Å². The molecule has 1 N–H and O–H groups in total. The lowest BCUT2D eigenvalue weighted by atomic mass is 10.0. The van der Waals surface area contributed by atoms with Crippen molar-refractivity contribution in [2.24, 2.45) is 0 Å². The van der Waals surface area contributed by atoms with Crippen molar-refractivity contribution in [3.05, 3.63) is 46.8 Å². The van der Waals surface area contributed by atoms with E-state index in [2.05, 4.69) is 0 Å². The fourth-order valence-corrected chi connectivity index (χ4v) is 2.59. The molecule has 2 aromatic carbocycles. The van der Waals surface area contributed by atoms with Gasteiger partial charge < -0.3 is 23.7 Å². The predicted octanol–water partition coefficient (Wildman–Crippen LogP) is 3.19. The molecule has 0 saturated carbocycles. The van der Waals surface area contributed by atoms with Crippen LogP contribution in [0.5, 0.6) is 23.0 Å². The minimum absolute atomic E-state index is 0.0181. The van der Waals surface area contributed by atoms with Crippen molar-refractivity contribution in [1.29, 1.82) is 0 Å². The summed E-state index contributed by atoms with van der Waals surface area (Å²) < 4.78 is 20.8. The van der Waals surface area contributed by atoms with Gasteiger partial charge in [-0.15, -0.1) is 0 Å². The van der Waals surface area contributed by atoms with Gasteiger partial charge in [-0.2, -0.15) is 0 Å². The maximum Gasteiger partial charge on any atom is 0.336 e. The molecular formula is C18H16O6. The number of hydrogen-bond acceptors (Lipinski definition) is 6. The fourth-order valence-electron chi connectivity index (χ4n) is 2.59. The molecular weight excluding hydrogens is 312 g/mol. The van der Waals surface area contributed by atoms with Gasteiger partial charge in [-0.3, -0.25) is 0 Å². The summed E-state index contributed by atoms with van der Waals surface area (Å²) in [6.45, 7) is 0. The van der Waals surface area contributed by atoms with E-state index in [0.717, 1.165) is 5.56 Å². The van der Waals surface area contributed by atoms with Gasteiger partial charge in [0.25, 0.3) is 0 Å². The summed E-state index contributed by atoms with van der Waals surface area (Å²) in [7, 11) is 4.48. The maximum absolute atomic E-state index is 12.0. The first-order chi connectivity index (χ1) is 11.6. The third-order valence-electron chi connectivity index (χ3n) is 3.76. The third-order valence-corrected chi connectivity index (χ3v) is 3.76. The number of aromatic hydroxyl groups is 1. The number of rotatable bonds is 4. The molecule has 124 valence electrons. The molecule has 0 saturated heterocycles. The van der Waals surface area contributed by atoms with Crippen molar-refractivity contribution in [3.63, 3.8) is 0 Å². The molecule has 0 unspecified atom stereocenters. The second-order valence-corrected chi connectivity index (χ2v) is 5.04. The zero-order valence-corrected chi connectivity index (χ0v) is 13.5. The average Bonchev–Trinajstić information content (AvgIpc) is 2.62. The molecule has 0 fully saturated rings. The molecule has 24 heavy (non-hydrogen) atoms. The van der Waals surface area contributed by atoms with Gasteiger partial charge in [0, 0.05) is 17.7 Å². The first-order valence-corrected chi connectivity index (χ1v) is 7.15. The number of ether oxygens (including phenoxy) is 3. The lowest BCUT2D eigenvalue weighted by Gasteiger charge is -2.13. The second-order valence-electron chi connectivity index (χ2n) is 5.04. The molecule has 3 rings (SSSR count). The highest BCUT2D eigenvalue weighted by Crippen LogP contribution is 2.44. The van der Waals surface area contributed by atoms with Crippen molar-refractivity contribution in [3.8, 4) is 34.1 Å². The van der Waals surface area contributed by atoms with Crippen LogP contribution in [0.15, 0.2) is 45.6 Å². The molecule has 0 radical (unpaired) electrons. The van der Waals surface area contributed by atoms with Crippen molar-refractivity contribution < 1.29 is 23.7 Å². The molecule has 0 aliphatic heterocycles. The lowest BCUT2D eigenvalue weighted by Crippen LogP contribution is -2.00. The number of phenolic OH excluding ortho intramolecular Hbond substituents is 1. The number of fused-ring (bicyclic) bond motifs is 1. The van der Waals surface area contributed by atoms with Crippen LogP contribution in [0.4, 0.5) is 0 Å². The number of hydrogen-bond donors (Lipinski definition) is 1. The van der Waals surface area contributed by atoms with Gasteiger partial charge in [-0.05, 0) is 17.7 Å². The van der Waals surface area contributed by atoms with Crippen LogP contribution in [0.2, 0.25) is 0 Å². The summed E-state index contributed by atoms with van der Waals surface area (Å²) in [5.74, 6) is 1.03. The van der Waals surface area contributed by atoms with E-state index in [9.17, 15) is 9.90 Å². The van der Waals surface area contributed by atoms with E-state index in [-0.39, 0.29) is 17.1 Å². The maximum atomic E-state index is 12.0. The Balaban J connectivity index is 2.38. The zero-order chi connectivity index (χ0) is 17.3. The van der Waals surface area contributed by atoms with Crippen LogP contribution in [0.25, 0.3) is 22.1 Å². The molecule has 3 aromatic rings. The third kappa shape index (κ3) is 2.52. The van der Waals surface area contributed by atoms with E-state index >= 15 is 0 Å². The van der Waals surface area contributed by atoms with E-state index in [1.54, 1.807) is 25.3 Å². The van der Waals surface area contributed by atoms with Crippen LogP contribution in [-0.2, 0) is 0 Å². The fraction of sp³-hybridized carbons (Fsp3) is 0.167. The molecule has 1 aromatic heterocycles. The van der Waals surface area contributed by atoms with Crippen LogP contribution >= 0.6 is 0 Å². The standard InChI is InChI=1S/C18H16O6/c1-21-11-6-4-10(5-7-11)12-8-15(19)24-18-16(12)13(22-2)9-14(23-3)17(18)20/h4-9,20H,1-3H3.